The van der Waals surface area contributed by atoms with E-state index in [1.165, 1.54) is 0 Å². The van der Waals surface area contributed by atoms with E-state index in [4.69, 9.17) is 9.47 Å². The first-order valence-electron chi connectivity index (χ1n) is 7.96. The number of rotatable bonds is 2. The van der Waals surface area contributed by atoms with Crippen LogP contribution in [0.5, 0.6) is 0 Å². The molecule has 0 saturated heterocycles. The van der Waals surface area contributed by atoms with Crippen LogP contribution in [-0.2, 0) is 19.1 Å². The lowest BCUT2D eigenvalue weighted by Gasteiger charge is -2.27. The molecule has 20 heavy (non-hydrogen) atoms. The lowest BCUT2D eigenvalue weighted by Crippen LogP contribution is -2.32. The number of ether oxygens (including phenoxy) is 2. The first-order chi connectivity index (χ1) is 9.54. The lowest BCUT2D eigenvalue weighted by molar-refractivity contribution is -0.176. The molecular weight excluding hydrogens is 256 g/mol. The Balaban J connectivity index is 1.70. The molecule has 0 aliphatic heterocycles. The molecule has 2 saturated carbocycles. The number of hydrogen-bond donors (Lipinski definition) is 0. The molecule has 0 bridgehead atoms. The molecule has 0 heterocycles. The topological polar surface area (TPSA) is 52.6 Å². The largest absolute Gasteiger partial charge is 0.454 e. The molecule has 2 aliphatic carbocycles. The van der Waals surface area contributed by atoms with Crippen LogP contribution in [0.3, 0.4) is 0 Å². The van der Waals surface area contributed by atoms with Gasteiger partial charge < -0.3 is 9.47 Å². The van der Waals surface area contributed by atoms with Crippen LogP contribution in [0.4, 0.5) is 0 Å². The quantitative estimate of drug-likeness (QED) is 0.576. The second-order valence-corrected chi connectivity index (χ2v) is 6.57. The fraction of sp³-hybridized carbons (Fsp3) is 0.875. The molecule has 4 nitrogen and oxygen atoms in total. The normalized spacial score (nSPS) is 34.3. The van der Waals surface area contributed by atoms with Crippen molar-refractivity contribution >= 4 is 11.9 Å². The Morgan fingerprint density at radius 2 is 0.950 bits per heavy atom. The molecule has 114 valence electrons. The number of carbonyl (C=O) groups excluding carboxylic acids is 2. The van der Waals surface area contributed by atoms with Crippen molar-refractivity contribution in [1.82, 2.24) is 0 Å². The summed E-state index contributed by atoms with van der Waals surface area (Å²) in [4.78, 5) is 23.5. The highest BCUT2D eigenvalue weighted by atomic mass is 16.6. The zero-order valence-electron chi connectivity index (χ0n) is 12.6. The first-order valence-corrected chi connectivity index (χ1v) is 7.96. The van der Waals surface area contributed by atoms with Gasteiger partial charge in [0.25, 0.3) is 0 Å². The fourth-order valence-electron chi connectivity index (χ4n) is 3.09. The van der Waals surface area contributed by atoms with E-state index in [0.29, 0.717) is 11.8 Å². The minimum absolute atomic E-state index is 0.0994. The predicted molar refractivity (Wildman–Crippen MR) is 75.0 cm³/mol. The minimum atomic E-state index is -0.803. The summed E-state index contributed by atoms with van der Waals surface area (Å²) in [5.41, 5.74) is 0. The Morgan fingerprint density at radius 1 is 0.650 bits per heavy atom. The van der Waals surface area contributed by atoms with Gasteiger partial charge in [0.05, 0.1) is 0 Å². The summed E-state index contributed by atoms with van der Waals surface area (Å²) >= 11 is 0. The molecule has 0 aromatic rings. The van der Waals surface area contributed by atoms with Gasteiger partial charge in [-0.2, -0.15) is 0 Å². The third-order valence-corrected chi connectivity index (χ3v) is 4.64. The average Bonchev–Trinajstić information content (AvgIpc) is 2.44. The van der Waals surface area contributed by atoms with Crippen molar-refractivity contribution in [3.8, 4) is 0 Å². The maximum atomic E-state index is 11.7. The van der Waals surface area contributed by atoms with E-state index in [2.05, 4.69) is 13.8 Å². The van der Waals surface area contributed by atoms with E-state index in [-0.39, 0.29) is 12.2 Å². The van der Waals surface area contributed by atoms with Gasteiger partial charge in [-0.3, -0.25) is 0 Å². The summed E-state index contributed by atoms with van der Waals surface area (Å²) in [5.74, 6) is -0.214. The van der Waals surface area contributed by atoms with Crippen LogP contribution >= 0.6 is 0 Å². The van der Waals surface area contributed by atoms with E-state index in [1.54, 1.807) is 0 Å². The maximum absolute atomic E-state index is 11.7. The van der Waals surface area contributed by atoms with Crippen LogP contribution in [0.25, 0.3) is 0 Å². The predicted octanol–water partition coefficient (Wildman–Crippen LogP) is 3.23. The summed E-state index contributed by atoms with van der Waals surface area (Å²) in [7, 11) is 0. The SMILES string of the molecule is CC1CCC(OC(=O)C(=O)OC2CCC(C)CC2)CC1. The highest BCUT2D eigenvalue weighted by molar-refractivity contribution is 6.29. The molecule has 0 N–H and O–H groups in total. The van der Waals surface area contributed by atoms with Gasteiger partial charge in [0, 0.05) is 0 Å². The molecule has 0 radical (unpaired) electrons. The van der Waals surface area contributed by atoms with Crippen LogP contribution < -0.4 is 0 Å². The van der Waals surface area contributed by atoms with Crippen molar-refractivity contribution in [2.45, 2.75) is 77.4 Å². The van der Waals surface area contributed by atoms with Crippen LogP contribution in [0.2, 0.25) is 0 Å². The zero-order valence-corrected chi connectivity index (χ0v) is 12.6. The molecule has 0 amide bonds. The molecule has 2 aliphatic rings. The van der Waals surface area contributed by atoms with Crippen molar-refractivity contribution < 1.29 is 19.1 Å². The fourth-order valence-corrected chi connectivity index (χ4v) is 3.09. The summed E-state index contributed by atoms with van der Waals surface area (Å²) in [6, 6.07) is 0. The van der Waals surface area contributed by atoms with Gasteiger partial charge in [-0.15, -0.1) is 0 Å². The summed E-state index contributed by atoms with van der Waals surface area (Å²) < 4.78 is 10.5. The van der Waals surface area contributed by atoms with Crippen LogP contribution in [0.1, 0.15) is 65.2 Å². The lowest BCUT2D eigenvalue weighted by atomic mass is 9.89. The van der Waals surface area contributed by atoms with E-state index in [0.717, 1.165) is 51.4 Å². The molecule has 2 fully saturated rings. The maximum Gasteiger partial charge on any atom is 0.417 e. The van der Waals surface area contributed by atoms with Crippen LogP contribution in [0, 0.1) is 11.8 Å². The molecule has 0 aromatic heterocycles. The van der Waals surface area contributed by atoms with Gasteiger partial charge >= 0.3 is 11.9 Å². The first kappa shape index (κ1) is 15.3. The molecule has 0 unspecified atom stereocenters. The third-order valence-electron chi connectivity index (χ3n) is 4.64. The molecule has 4 heteroatoms. The molecule has 0 spiro atoms. The van der Waals surface area contributed by atoms with Crippen LogP contribution in [0.15, 0.2) is 0 Å². The smallest absolute Gasteiger partial charge is 0.417 e. The number of esters is 2. The van der Waals surface area contributed by atoms with Gasteiger partial charge in [0.2, 0.25) is 0 Å². The summed E-state index contributed by atoms with van der Waals surface area (Å²) in [6.07, 6.45) is 7.50. The van der Waals surface area contributed by atoms with E-state index in [1.807, 2.05) is 0 Å². The van der Waals surface area contributed by atoms with E-state index < -0.39 is 11.9 Å². The molecule has 0 aromatic carbocycles. The second-order valence-electron chi connectivity index (χ2n) is 6.57. The Labute approximate surface area is 121 Å². The second kappa shape index (κ2) is 7.09. The molecule has 2 rings (SSSR count). The Hall–Kier alpha value is -1.06. The molecule has 0 atom stereocenters. The van der Waals surface area contributed by atoms with Crippen LogP contribution in [-0.4, -0.2) is 24.1 Å². The van der Waals surface area contributed by atoms with Gasteiger partial charge in [0.15, 0.2) is 0 Å². The van der Waals surface area contributed by atoms with Gasteiger partial charge in [-0.1, -0.05) is 13.8 Å². The minimum Gasteiger partial charge on any atom is -0.454 e. The van der Waals surface area contributed by atoms with Crippen molar-refractivity contribution in [3.05, 3.63) is 0 Å². The van der Waals surface area contributed by atoms with Crippen molar-refractivity contribution in [2.24, 2.45) is 11.8 Å². The van der Waals surface area contributed by atoms with Gasteiger partial charge in [-0.25, -0.2) is 9.59 Å². The van der Waals surface area contributed by atoms with Crippen molar-refractivity contribution in [1.29, 1.82) is 0 Å². The van der Waals surface area contributed by atoms with Gasteiger partial charge in [-0.05, 0) is 63.2 Å². The number of carbonyl (C=O) groups is 2. The Morgan fingerprint density at radius 3 is 1.25 bits per heavy atom. The Bertz CT molecular complexity index is 302. The average molecular weight is 282 g/mol. The molecular formula is C16H26O4. The Kier molecular flexibility index (Phi) is 5.44. The standard InChI is InChI=1S/C16H26O4/c1-11-3-7-13(8-4-11)19-15(17)16(18)20-14-9-5-12(2)6-10-14/h11-14H,3-10H2,1-2H3. The van der Waals surface area contributed by atoms with E-state index >= 15 is 0 Å². The van der Waals surface area contributed by atoms with Gasteiger partial charge in [0.1, 0.15) is 12.2 Å². The summed E-state index contributed by atoms with van der Waals surface area (Å²) in [6.45, 7) is 4.41. The zero-order chi connectivity index (χ0) is 14.5. The highest BCUT2D eigenvalue weighted by Gasteiger charge is 2.29. The van der Waals surface area contributed by atoms with E-state index in [9.17, 15) is 9.59 Å². The monoisotopic (exact) mass is 282 g/mol. The summed E-state index contributed by atoms with van der Waals surface area (Å²) in [5, 5.41) is 0. The van der Waals surface area contributed by atoms with Crippen molar-refractivity contribution in [2.75, 3.05) is 0 Å². The number of hydrogen-bond acceptors (Lipinski definition) is 4. The highest BCUT2D eigenvalue weighted by Crippen LogP contribution is 2.27. The van der Waals surface area contributed by atoms with Crippen molar-refractivity contribution in [3.63, 3.8) is 0 Å². The third kappa shape index (κ3) is 4.50.